The summed E-state index contributed by atoms with van der Waals surface area (Å²) >= 11 is 0. The lowest BCUT2D eigenvalue weighted by atomic mass is 9.57. The Labute approximate surface area is 620 Å². The molecule has 9 aliphatic rings. The van der Waals surface area contributed by atoms with Gasteiger partial charge in [0.1, 0.15) is 68.5 Å². The highest BCUT2D eigenvalue weighted by molar-refractivity contribution is 6.27. The minimum absolute atomic E-state index is 0.00348. The number of amides is 3. The molecule has 3 amide bonds. The van der Waals surface area contributed by atoms with E-state index in [4.69, 9.17) is 22.5 Å². The Hall–Kier alpha value is -11.8. The summed E-state index contributed by atoms with van der Waals surface area (Å²) in [6.07, 6.45) is 3.65. The number of primary amides is 3. The van der Waals surface area contributed by atoms with Crippen molar-refractivity contribution in [2.24, 2.45) is 52.7 Å². The lowest BCUT2D eigenvalue weighted by Gasteiger charge is -2.50. The second kappa shape index (κ2) is 28.1. The van der Waals surface area contributed by atoms with E-state index in [1.807, 2.05) is 30.3 Å². The van der Waals surface area contributed by atoms with Crippen molar-refractivity contribution in [3.05, 3.63) is 174 Å². The van der Waals surface area contributed by atoms with E-state index < -0.39 is 174 Å². The average molecular weight is 1500 g/mol. The van der Waals surface area contributed by atoms with E-state index in [0.29, 0.717) is 40.2 Å². The Balaban J connectivity index is 0.000000154. The van der Waals surface area contributed by atoms with Crippen LogP contribution in [0.4, 0.5) is 0 Å². The van der Waals surface area contributed by atoms with Crippen molar-refractivity contribution in [2.45, 2.75) is 86.6 Å². The van der Waals surface area contributed by atoms with Crippen molar-refractivity contribution < 1.29 is 110 Å². The number of Topliss-reactive ketones (excluding diaryl/α,β-unsaturated/α-hetero) is 6. The molecular formula is C77H78N10O22. The number of rotatable bonds is 12. The van der Waals surface area contributed by atoms with Crippen LogP contribution in [0.2, 0.25) is 0 Å². The van der Waals surface area contributed by atoms with Crippen molar-refractivity contribution in [1.29, 1.82) is 5.26 Å². The predicted molar refractivity (Wildman–Crippen MR) is 382 cm³/mol. The van der Waals surface area contributed by atoms with Crippen LogP contribution < -0.4 is 22.5 Å². The van der Waals surface area contributed by atoms with E-state index in [2.05, 4.69) is 15.3 Å². The third kappa shape index (κ3) is 11.7. The van der Waals surface area contributed by atoms with Crippen molar-refractivity contribution in [3.8, 4) is 45.8 Å². The number of nitrogens with one attached hydrogen (secondary N) is 1. The molecule has 109 heavy (non-hydrogen) atoms. The Morgan fingerprint density at radius 1 is 0.505 bits per heavy atom. The molecule has 0 aliphatic heterocycles. The minimum atomic E-state index is -2.67. The molecule has 3 saturated carbocycles. The smallest absolute Gasteiger partial charge is 0.255 e. The number of carbonyl (C=O) groups is 9. The van der Waals surface area contributed by atoms with Gasteiger partial charge in [-0.05, 0) is 168 Å². The number of likely N-dealkylation sites (N-methyl/N-ethyl adjacent to an activating group) is 3. The molecule has 32 heteroatoms. The quantitative estimate of drug-likeness (QED) is 0.0473. The fourth-order valence-corrected chi connectivity index (χ4v) is 17.9. The molecule has 1 heterocycles. The number of phenolic OH excluding ortho intramolecular Hbond substituents is 3. The Bertz CT molecular complexity index is 5110. The van der Waals surface area contributed by atoms with Gasteiger partial charge in [-0.25, -0.2) is 9.97 Å². The van der Waals surface area contributed by atoms with Gasteiger partial charge in [0, 0.05) is 59.0 Å². The Morgan fingerprint density at radius 3 is 1.19 bits per heavy atom. The van der Waals surface area contributed by atoms with Crippen molar-refractivity contribution in [1.82, 2.24) is 30.0 Å². The molecule has 1 aromatic heterocycles. The molecule has 0 bridgehead atoms. The zero-order valence-corrected chi connectivity index (χ0v) is 59.5. The van der Waals surface area contributed by atoms with Crippen LogP contribution in [-0.4, -0.2) is 227 Å². The van der Waals surface area contributed by atoms with Gasteiger partial charge in [-0.15, -0.1) is 0 Å². The van der Waals surface area contributed by atoms with Crippen LogP contribution in [0.1, 0.15) is 63.8 Å². The van der Waals surface area contributed by atoms with Gasteiger partial charge in [0.15, 0.2) is 40.0 Å². The van der Waals surface area contributed by atoms with Crippen LogP contribution in [0.15, 0.2) is 130 Å². The van der Waals surface area contributed by atoms with Crippen molar-refractivity contribution in [3.63, 3.8) is 0 Å². The first-order valence-corrected chi connectivity index (χ1v) is 34.4. The first kappa shape index (κ1) is 76.8. The van der Waals surface area contributed by atoms with E-state index in [1.165, 1.54) is 53.1 Å². The number of phenols is 3. The first-order chi connectivity index (χ1) is 51.4. The zero-order chi connectivity index (χ0) is 79.6. The largest absolute Gasteiger partial charge is 0.508 e. The highest BCUT2D eigenvalue weighted by atomic mass is 16.4. The first-order valence-electron chi connectivity index (χ1n) is 34.4. The average Bonchev–Trinajstić information content (AvgIpc) is 0.708. The van der Waals surface area contributed by atoms with Crippen LogP contribution in [0.25, 0.3) is 39.8 Å². The number of nitriles is 1. The molecule has 12 atom stereocenters. The number of hydrogen-bond donors (Lipinski definition) is 17. The molecular weight excluding hydrogens is 1420 g/mol. The molecule has 4 aromatic carbocycles. The second-order valence-electron chi connectivity index (χ2n) is 29.1. The van der Waals surface area contributed by atoms with Crippen LogP contribution >= 0.6 is 0 Å². The third-order valence-corrected chi connectivity index (χ3v) is 22.7. The Kier molecular flexibility index (Phi) is 19.8. The van der Waals surface area contributed by atoms with Gasteiger partial charge < -0.3 is 88.9 Å². The van der Waals surface area contributed by atoms with Gasteiger partial charge in [0.05, 0.1) is 54.0 Å². The van der Waals surface area contributed by atoms with Gasteiger partial charge >= 0.3 is 0 Å². The van der Waals surface area contributed by atoms with Crippen LogP contribution in [-0.2, 0) is 75.6 Å². The van der Waals surface area contributed by atoms with Gasteiger partial charge in [0.25, 0.3) is 17.7 Å². The number of fused-ring (bicyclic) bond motifs is 9. The molecule has 32 nitrogen and oxygen atoms in total. The predicted octanol–water partition coefficient (Wildman–Crippen LogP) is 1.12. The number of nitrogens with zero attached hydrogens (tertiary/aromatic N) is 6. The fraction of sp³-hybridized carbons (Fsp3) is 0.351. The molecule has 0 saturated heterocycles. The number of aromatic nitrogens is 2. The number of nitrogens with two attached hydrogens (primary N) is 3. The number of benzene rings is 4. The lowest BCUT2D eigenvalue weighted by molar-refractivity contribution is -0.155. The third-order valence-electron chi connectivity index (χ3n) is 22.7. The number of carbonyl (C=O) groups excluding carboxylic acids is 9. The summed E-state index contributed by atoms with van der Waals surface area (Å²) in [6, 6.07) is 16.7. The maximum Gasteiger partial charge on any atom is 0.255 e. The van der Waals surface area contributed by atoms with E-state index in [9.17, 15) is 110 Å². The number of aliphatic hydroxyl groups is 10. The van der Waals surface area contributed by atoms with Crippen molar-refractivity contribution >= 4 is 69.7 Å². The molecule has 5 aromatic rings. The highest BCUT2D eigenvalue weighted by Crippen LogP contribution is 2.58. The minimum Gasteiger partial charge on any atom is -0.508 e. The summed E-state index contributed by atoms with van der Waals surface area (Å²) in [5.41, 5.74) is 9.84. The van der Waals surface area contributed by atoms with Crippen LogP contribution in [0, 0.1) is 46.8 Å². The van der Waals surface area contributed by atoms with E-state index in [0.717, 1.165) is 16.7 Å². The monoisotopic (exact) mass is 1490 g/mol. The summed E-state index contributed by atoms with van der Waals surface area (Å²) < 4.78 is 0. The molecule has 3 fully saturated rings. The maximum absolute atomic E-state index is 13.9. The van der Waals surface area contributed by atoms with E-state index >= 15 is 0 Å². The van der Waals surface area contributed by atoms with Gasteiger partial charge in [0.2, 0.25) is 17.3 Å². The number of hydrogen-bond acceptors (Lipinski definition) is 29. The van der Waals surface area contributed by atoms with E-state index in [1.54, 1.807) is 58.8 Å². The van der Waals surface area contributed by atoms with Gasteiger partial charge in [-0.2, -0.15) is 5.26 Å². The molecule has 568 valence electrons. The highest BCUT2D eigenvalue weighted by Gasteiger charge is 2.68. The summed E-state index contributed by atoms with van der Waals surface area (Å²) in [7, 11) is 9.30. The number of aromatic hydroxyl groups is 3. The molecule has 14 rings (SSSR count). The van der Waals surface area contributed by atoms with Crippen molar-refractivity contribution in [2.75, 3.05) is 48.8 Å². The van der Waals surface area contributed by atoms with Gasteiger partial charge in [-0.3, -0.25) is 57.9 Å². The lowest BCUT2D eigenvalue weighted by Crippen LogP contribution is -2.65. The standard InChI is InChI=1S/C30H30N4O7.C25H24N4O7.C22H24N2O8/c1-34(2)24-19-12-16-11-18-17(15-5-3-14(4-6-15)13-33-10-9-31)7-8-20(35)22(18)25(36)21(16)27(38)30(19,41)28(39)23(26(24)37)29(32)40;1-29(2)18-13-9-10-8-12-11(24-27-6-3-7-28-24)4-5-14(30)16(12)19(31)15(10)21(33)25(13,36)22(34)17(20(18)32)23(26)35;1-24(2)16-11-6-9-5-10-8(7-25)3-4-12(26)14(10)17(27)13(9)19(29)22(11,32)20(30)15(18(16)28)21(23)31/h3-8,16,19,24,33,35-36,39,41H,10-13H2,1-2H3,(H2,32,40);3-7,10,13,18,30-31,34,36H,8-9H2,1-2H3,(H2,26,35);3-4,9,11,16,25-27,30,32H,5-7H2,1-2H3,(H2,23,31)/t16-,19-,24?,30-;10-,13-,18+,25-;9-,11-,16-,22-/m000/s1. The van der Waals surface area contributed by atoms with Crippen LogP contribution in [0.3, 0.4) is 0 Å². The molecule has 20 N–H and O–H groups in total. The zero-order valence-electron chi connectivity index (χ0n) is 59.5. The summed E-state index contributed by atoms with van der Waals surface area (Å²) in [4.78, 5) is 130. The fourth-order valence-electron chi connectivity index (χ4n) is 17.9. The van der Waals surface area contributed by atoms with Gasteiger partial charge in [-0.1, -0.05) is 36.4 Å². The SMILES string of the molecule is CN(C)C1C(=O)C(C(N)=O)=C(O)[C@@]2(O)C(=O)C3=C(O)c4c(O)ccc(-c5ccc(CNCC#N)cc5)c4C[C@H]3C[C@@H]12.CN(C)[C@@H]1C(=O)C(C(N)=O)=C(O)[C@@]2(O)C(=O)C3=C(O)c4c(O)ccc(CO)c4C[C@H]3C[C@@H]12.CN(C)[C@H]1C(=O)C(C(N)=O)=C(O)[C@@]2(O)C(=O)C3=C(O)c4c(O)ccc(-c5ncccn5)c4C[C@H]3C[C@@H]12. The summed E-state index contributed by atoms with van der Waals surface area (Å²) in [5.74, 6) is -20.3. The molecule has 0 spiro atoms. The summed E-state index contributed by atoms with van der Waals surface area (Å²) in [6.45, 7) is 0.367. The molecule has 1 unspecified atom stereocenters. The maximum atomic E-state index is 13.9. The molecule has 9 aliphatic carbocycles. The van der Waals surface area contributed by atoms with E-state index in [-0.39, 0.29) is 102 Å². The summed E-state index contributed by atoms with van der Waals surface area (Å²) in [5, 5.41) is 154. The second-order valence-corrected chi connectivity index (χ2v) is 29.1. The topological polar surface area (TPSA) is 566 Å². The number of ketones is 6. The normalized spacial score (nSPS) is 27.4. The number of aliphatic hydroxyl groups excluding tert-OH is 7. The Morgan fingerprint density at radius 2 is 0.844 bits per heavy atom. The van der Waals surface area contributed by atoms with Crippen LogP contribution in [0.5, 0.6) is 17.2 Å². The molecule has 0 radical (unpaired) electrons.